The largest absolute Gasteiger partial charge is 0.321 e. The summed E-state index contributed by atoms with van der Waals surface area (Å²) in [5, 5.41) is 0. The van der Waals surface area contributed by atoms with Gasteiger partial charge in [0.15, 0.2) is 0 Å². The van der Waals surface area contributed by atoms with Gasteiger partial charge in [0.25, 0.3) is 0 Å². The summed E-state index contributed by atoms with van der Waals surface area (Å²) in [6, 6.07) is 14.4. The summed E-state index contributed by atoms with van der Waals surface area (Å²) in [7, 11) is 0. The van der Waals surface area contributed by atoms with Gasteiger partial charge in [-0.25, -0.2) is 0 Å². The molecule has 3 nitrogen and oxygen atoms in total. The van der Waals surface area contributed by atoms with Crippen molar-refractivity contribution in [2.75, 3.05) is 13.1 Å². The third-order valence-corrected chi connectivity index (χ3v) is 3.59. The number of nitrogens with two attached hydrogens (primary N) is 1. The van der Waals surface area contributed by atoms with E-state index < -0.39 is 0 Å². The third-order valence-electron chi connectivity index (χ3n) is 3.59. The monoisotopic (exact) mass is 269 g/mol. The van der Waals surface area contributed by atoms with Gasteiger partial charge in [0, 0.05) is 25.5 Å². The van der Waals surface area contributed by atoms with Gasteiger partial charge in [-0.2, -0.15) is 0 Å². The lowest BCUT2D eigenvalue weighted by atomic mass is 9.92. The molecule has 3 heteroatoms. The first-order valence-corrected chi connectivity index (χ1v) is 7.07. The number of nitrogens with zero attached hydrogens (tertiary/aromatic N) is 2. The topological polar surface area (TPSA) is 42.2 Å². The highest BCUT2D eigenvalue weighted by molar-refractivity contribution is 5.23. The molecule has 1 aromatic carbocycles. The van der Waals surface area contributed by atoms with Gasteiger partial charge >= 0.3 is 0 Å². The Morgan fingerprint density at radius 3 is 2.35 bits per heavy atom. The highest BCUT2D eigenvalue weighted by Crippen LogP contribution is 2.19. The Morgan fingerprint density at radius 1 is 1.10 bits per heavy atom. The predicted octanol–water partition coefficient (Wildman–Crippen LogP) is 2.78. The van der Waals surface area contributed by atoms with Crippen molar-refractivity contribution in [2.45, 2.75) is 25.9 Å². The lowest BCUT2D eigenvalue weighted by molar-refractivity contribution is 0.219. The first-order chi connectivity index (χ1) is 9.62. The molecule has 2 rings (SSSR count). The van der Waals surface area contributed by atoms with Crippen LogP contribution in [0.3, 0.4) is 0 Å². The van der Waals surface area contributed by atoms with Gasteiger partial charge in [-0.3, -0.25) is 9.88 Å². The molecule has 20 heavy (non-hydrogen) atoms. The number of hydrogen-bond acceptors (Lipinski definition) is 3. The van der Waals surface area contributed by atoms with Crippen LogP contribution in [0.15, 0.2) is 54.9 Å². The summed E-state index contributed by atoms with van der Waals surface area (Å²) in [5.41, 5.74) is 8.61. The number of likely N-dealkylation sites (N-methyl/N-ethyl adjacent to an activating group) is 1. The highest BCUT2D eigenvalue weighted by atomic mass is 15.1. The fourth-order valence-corrected chi connectivity index (χ4v) is 2.40. The Hall–Kier alpha value is -1.71. The summed E-state index contributed by atoms with van der Waals surface area (Å²) >= 11 is 0. The SMILES string of the molecule is CCN(Cc1ccncc1)CC(C)(N)c1ccccc1. The second-order valence-electron chi connectivity index (χ2n) is 5.44. The van der Waals surface area contributed by atoms with Gasteiger partial charge < -0.3 is 5.73 Å². The zero-order chi connectivity index (χ0) is 14.4. The molecule has 0 aliphatic carbocycles. The summed E-state index contributed by atoms with van der Waals surface area (Å²) in [6.45, 7) is 6.97. The first-order valence-electron chi connectivity index (χ1n) is 7.07. The van der Waals surface area contributed by atoms with Crippen molar-refractivity contribution in [1.29, 1.82) is 0 Å². The van der Waals surface area contributed by atoms with Crippen LogP contribution in [-0.2, 0) is 12.1 Å². The van der Waals surface area contributed by atoms with Crippen LogP contribution < -0.4 is 5.73 Å². The van der Waals surface area contributed by atoms with E-state index in [0.29, 0.717) is 0 Å². The standard InChI is InChI=1S/C17H23N3/c1-3-20(13-15-9-11-19-12-10-15)14-17(2,18)16-7-5-4-6-8-16/h4-12H,3,13-14,18H2,1-2H3. The van der Waals surface area contributed by atoms with Crippen LogP contribution in [0.4, 0.5) is 0 Å². The molecule has 0 bridgehead atoms. The van der Waals surface area contributed by atoms with E-state index in [0.717, 1.165) is 19.6 Å². The van der Waals surface area contributed by atoms with Crippen LogP contribution in [0.2, 0.25) is 0 Å². The van der Waals surface area contributed by atoms with Gasteiger partial charge in [-0.1, -0.05) is 37.3 Å². The van der Waals surface area contributed by atoms with Crippen LogP contribution in [0.5, 0.6) is 0 Å². The van der Waals surface area contributed by atoms with Crippen LogP contribution in [-0.4, -0.2) is 23.0 Å². The Labute approximate surface area is 121 Å². The average molecular weight is 269 g/mol. The number of hydrogen-bond donors (Lipinski definition) is 1. The second-order valence-corrected chi connectivity index (χ2v) is 5.44. The van der Waals surface area contributed by atoms with Gasteiger partial charge in [0.1, 0.15) is 0 Å². The van der Waals surface area contributed by atoms with Crippen molar-refractivity contribution >= 4 is 0 Å². The van der Waals surface area contributed by atoms with Crippen molar-refractivity contribution in [3.8, 4) is 0 Å². The zero-order valence-electron chi connectivity index (χ0n) is 12.3. The minimum absolute atomic E-state index is 0.343. The maximum Gasteiger partial charge on any atom is 0.0510 e. The van der Waals surface area contributed by atoms with Gasteiger partial charge in [-0.05, 0) is 36.7 Å². The van der Waals surface area contributed by atoms with Gasteiger partial charge in [0.05, 0.1) is 5.54 Å². The predicted molar refractivity (Wildman–Crippen MR) is 83.2 cm³/mol. The van der Waals surface area contributed by atoms with E-state index in [4.69, 9.17) is 5.73 Å². The summed E-state index contributed by atoms with van der Waals surface area (Å²) in [6.07, 6.45) is 3.67. The number of rotatable bonds is 6. The molecule has 2 N–H and O–H groups in total. The van der Waals surface area contributed by atoms with E-state index in [1.54, 1.807) is 0 Å². The quantitative estimate of drug-likeness (QED) is 0.877. The molecule has 0 spiro atoms. The van der Waals surface area contributed by atoms with Crippen LogP contribution in [0, 0.1) is 0 Å². The zero-order valence-corrected chi connectivity index (χ0v) is 12.3. The molecular weight excluding hydrogens is 246 g/mol. The van der Waals surface area contributed by atoms with Crippen molar-refractivity contribution in [2.24, 2.45) is 5.73 Å². The Morgan fingerprint density at radius 2 is 1.75 bits per heavy atom. The molecule has 1 aromatic heterocycles. The molecule has 106 valence electrons. The van der Waals surface area contributed by atoms with E-state index in [1.807, 2.05) is 30.6 Å². The van der Waals surface area contributed by atoms with E-state index in [1.165, 1.54) is 11.1 Å². The molecular formula is C17H23N3. The van der Waals surface area contributed by atoms with Gasteiger partial charge in [-0.15, -0.1) is 0 Å². The van der Waals surface area contributed by atoms with Crippen molar-refractivity contribution in [3.63, 3.8) is 0 Å². The Bertz CT molecular complexity index is 508. The lowest BCUT2D eigenvalue weighted by Crippen LogP contribution is -2.45. The minimum atomic E-state index is -0.343. The molecule has 0 radical (unpaired) electrons. The lowest BCUT2D eigenvalue weighted by Gasteiger charge is -2.32. The van der Waals surface area contributed by atoms with E-state index in [-0.39, 0.29) is 5.54 Å². The molecule has 0 saturated heterocycles. The van der Waals surface area contributed by atoms with E-state index in [2.05, 4.69) is 48.0 Å². The molecule has 0 fully saturated rings. The fraction of sp³-hybridized carbons (Fsp3) is 0.353. The molecule has 0 saturated carbocycles. The number of benzene rings is 1. The second kappa shape index (κ2) is 6.64. The van der Waals surface area contributed by atoms with Crippen molar-refractivity contribution in [1.82, 2.24) is 9.88 Å². The summed E-state index contributed by atoms with van der Waals surface area (Å²) in [5.74, 6) is 0. The van der Waals surface area contributed by atoms with E-state index in [9.17, 15) is 0 Å². The smallest absolute Gasteiger partial charge is 0.0510 e. The van der Waals surface area contributed by atoms with Crippen LogP contribution in [0.25, 0.3) is 0 Å². The molecule has 0 amide bonds. The minimum Gasteiger partial charge on any atom is -0.321 e. The fourth-order valence-electron chi connectivity index (χ4n) is 2.40. The maximum absolute atomic E-state index is 6.51. The molecule has 2 aromatic rings. The highest BCUT2D eigenvalue weighted by Gasteiger charge is 2.23. The van der Waals surface area contributed by atoms with Crippen molar-refractivity contribution in [3.05, 3.63) is 66.0 Å². The Kier molecular flexibility index (Phi) is 4.88. The molecule has 0 aliphatic heterocycles. The van der Waals surface area contributed by atoms with Crippen molar-refractivity contribution < 1.29 is 0 Å². The maximum atomic E-state index is 6.51. The Balaban J connectivity index is 2.06. The molecule has 0 aliphatic rings. The first kappa shape index (κ1) is 14.7. The van der Waals surface area contributed by atoms with E-state index >= 15 is 0 Å². The number of pyridine rings is 1. The van der Waals surface area contributed by atoms with Crippen LogP contribution in [0.1, 0.15) is 25.0 Å². The van der Waals surface area contributed by atoms with Crippen LogP contribution >= 0.6 is 0 Å². The molecule has 1 atom stereocenters. The molecule has 1 heterocycles. The third kappa shape index (κ3) is 3.89. The summed E-state index contributed by atoms with van der Waals surface area (Å²) < 4.78 is 0. The van der Waals surface area contributed by atoms with Gasteiger partial charge in [0.2, 0.25) is 0 Å². The number of aromatic nitrogens is 1. The average Bonchev–Trinajstić information content (AvgIpc) is 2.48. The molecule has 1 unspecified atom stereocenters. The summed E-state index contributed by atoms with van der Waals surface area (Å²) in [4.78, 5) is 6.42. The normalized spacial score (nSPS) is 14.2.